The van der Waals surface area contributed by atoms with Gasteiger partial charge in [-0.3, -0.25) is 9.59 Å². The van der Waals surface area contributed by atoms with E-state index in [4.69, 9.17) is 11.6 Å². The minimum atomic E-state index is -0.698. The molecule has 0 spiro atoms. The third-order valence-electron chi connectivity index (χ3n) is 3.26. The van der Waals surface area contributed by atoms with Crippen molar-refractivity contribution in [2.45, 2.75) is 25.8 Å². The number of hydrogen-bond donors (Lipinski definition) is 3. The number of likely N-dealkylation sites (N-methyl/N-ethyl adjacent to an activating group) is 1. The standard InChI is InChI=1S/C13H16ClN3O2/c1-13(2,15-3)12(19)17-10-4-7-5-11(18)16-9(7)6-8(10)14/h4,6,15H,5H2,1-3H3,(H,16,18)(H,17,19). The van der Waals surface area contributed by atoms with Crippen molar-refractivity contribution < 1.29 is 9.59 Å². The summed E-state index contributed by atoms with van der Waals surface area (Å²) in [5.41, 5.74) is 1.37. The molecule has 0 radical (unpaired) electrons. The quantitative estimate of drug-likeness (QED) is 0.791. The van der Waals surface area contributed by atoms with Gasteiger partial charge in [-0.15, -0.1) is 0 Å². The Bertz CT molecular complexity index is 555. The molecule has 1 heterocycles. The van der Waals surface area contributed by atoms with Gasteiger partial charge in [0.15, 0.2) is 0 Å². The summed E-state index contributed by atoms with van der Waals surface area (Å²) in [5, 5.41) is 8.81. The molecule has 0 aliphatic carbocycles. The second-order valence-electron chi connectivity index (χ2n) is 5.04. The van der Waals surface area contributed by atoms with Crippen molar-refractivity contribution in [2.75, 3.05) is 17.7 Å². The molecule has 1 aliphatic rings. The number of benzene rings is 1. The molecule has 6 heteroatoms. The molecule has 3 N–H and O–H groups in total. The smallest absolute Gasteiger partial charge is 0.244 e. The second-order valence-corrected chi connectivity index (χ2v) is 5.45. The van der Waals surface area contributed by atoms with Crippen molar-refractivity contribution in [3.8, 4) is 0 Å². The molecule has 19 heavy (non-hydrogen) atoms. The zero-order chi connectivity index (χ0) is 14.2. The van der Waals surface area contributed by atoms with Crippen LogP contribution in [-0.4, -0.2) is 24.4 Å². The summed E-state index contributed by atoms with van der Waals surface area (Å²) < 4.78 is 0. The lowest BCUT2D eigenvalue weighted by Crippen LogP contribution is -2.47. The van der Waals surface area contributed by atoms with E-state index in [1.165, 1.54) is 0 Å². The molecule has 0 saturated heterocycles. The van der Waals surface area contributed by atoms with E-state index < -0.39 is 5.54 Å². The molecule has 1 aromatic rings. The van der Waals surface area contributed by atoms with Gasteiger partial charge in [-0.25, -0.2) is 0 Å². The van der Waals surface area contributed by atoms with Gasteiger partial charge < -0.3 is 16.0 Å². The second kappa shape index (κ2) is 4.83. The molecule has 0 unspecified atom stereocenters. The Hall–Kier alpha value is -1.59. The van der Waals surface area contributed by atoms with Gasteiger partial charge in [-0.05, 0) is 38.6 Å². The number of carbonyl (C=O) groups is 2. The van der Waals surface area contributed by atoms with Crippen LogP contribution in [-0.2, 0) is 16.0 Å². The highest BCUT2D eigenvalue weighted by Gasteiger charge is 2.27. The van der Waals surface area contributed by atoms with Crippen molar-refractivity contribution in [3.63, 3.8) is 0 Å². The van der Waals surface area contributed by atoms with Crippen molar-refractivity contribution in [3.05, 3.63) is 22.7 Å². The van der Waals surface area contributed by atoms with Crippen LogP contribution in [0.1, 0.15) is 19.4 Å². The molecule has 2 amide bonds. The maximum Gasteiger partial charge on any atom is 0.244 e. The highest BCUT2D eigenvalue weighted by atomic mass is 35.5. The first kappa shape index (κ1) is 13.8. The van der Waals surface area contributed by atoms with Gasteiger partial charge in [0.1, 0.15) is 0 Å². The van der Waals surface area contributed by atoms with E-state index in [2.05, 4.69) is 16.0 Å². The molecule has 1 aliphatic heterocycles. The average molecular weight is 282 g/mol. The summed E-state index contributed by atoms with van der Waals surface area (Å²) in [4.78, 5) is 23.4. The highest BCUT2D eigenvalue weighted by molar-refractivity contribution is 6.34. The summed E-state index contributed by atoms with van der Waals surface area (Å²) in [5.74, 6) is -0.251. The highest BCUT2D eigenvalue weighted by Crippen LogP contribution is 2.33. The van der Waals surface area contributed by atoms with Crippen LogP contribution in [0.3, 0.4) is 0 Å². The van der Waals surface area contributed by atoms with Gasteiger partial charge in [-0.1, -0.05) is 11.6 Å². The van der Waals surface area contributed by atoms with Crippen molar-refractivity contribution in [1.29, 1.82) is 0 Å². The van der Waals surface area contributed by atoms with Crippen LogP contribution >= 0.6 is 11.6 Å². The molecule has 0 aromatic heterocycles. The van der Waals surface area contributed by atoms with Gasteiger partial charge >= 0.3 is 0 Å². The van der Waals surface area contributed by atoms with E-state index >= 15 is 0 Å². The number of fused-ring (bicyclic) bond motifs is 1. The SMILES string of the molecule is CNC(C)(C)C(=O)Nc1cc2c(cc1Cl)NC(=O)C2. The Morgan fingerprint density at radius 3 is 2.74 bits per heavy atom. The van der Waals surface area contributed by atoms with Gasteiger partial charge in [0.2, 0.25) is 11.8 Å². The largest absolute Gasteiger partial charge is 0.325 e. The fourth-order valence-corrected chi connectivity index (χ4v) is 1.95. The van der Waals surface area contributed by atoms with Crippen LogP contribution in [0.2, 0.25) is 5.02 Å². The summed E-state index contributed by atoms with van der Waals surface area (Å²) in [6.45, 7) is 3.55. The molecular weight excluding hydrogens is 266 g/mol. The number of carbonyl (C=O) groups excluding carboxylic acids is 2. The van der Waals surface area contributed by atoms with Crippen LogP contribution in [0.5, 0.6) is 0 Å². The van der Waals surface area contributed by atoms with E-state index in [-0.39, 0.29) is 11.8 Å². The predicted octanol–water partition coefficient (Wildman–Crippen LogP) is 1.77. The normalized spacial score (nSPS) is 14.0. The van der Waals surface area contributed by atoms with Gasteiger partial charge in [0.25, 0.3) is 0 Å². The molecule has 102 valence electrons. The number of amides is 2. The lowest BCUT2D eigenvalue weighted by Gasteiger charge is -2.23. The van der Waals surface area contributed by atoms with Crippen LogP contribution in [0.25, 0.3) is 0 Å². The van der Waals surface area contributed by atoms with Gasteiger partial charge in [0, 0.05) is 5.69 Å². The number of hydrogen-bond acceptors (Lipinski definition) is 3. The Morgan fingerprint density at radius 1 is 1.42 bits per heavy atom. The van der Waals surface area contributed by atoms with Crippen LogP contribution in [0, 0.1) is 0 Å². The minimum absolute atomic E-state index is 0.0647. The number of halogens is 1. The first-order valence-corrected chi connectivity index (χ1v) is 6.34. The first-order chi connectivity index (χ1) is 8.83. The molecular formula is C13H16ClN3O2. The van der Waals surface area contributed by atoms with E-state index in [9.17, 15) is 9.59 Å². The molecule has 0 bridgehead atoms. The molecule has 5 nitrogen and oxygen atoms in total. The van der Waals surface area contributed by atoms with Crippen molar-refractivity contribution >= 4 is 34.8 Å². The predicted molar refractivity (Wildman–Crippen MR) is 75.6 cm³/mol. The Kier molecular flexibility index (Phi) is 3.52. The minimum Gasteiger partial charge on any atom is -0.325 e. The zero-order valence-corrected chi connectivity index (χ0v) is 11.8. The first-order valence-electron chi connectivity index (χ1n) is 5.96. The third-order valence-corrected chi connectivity index (χ3v) is 3.57. The van der Waals surface area contributed by atoms with Crippen LogP contribution in [0.4, 0.5) is 11.4 Å². The topological polar surface area (TPSA) is 70.2 Å². The van der Waals surface area contributed by atoms with Crippen molar-refractivity contribution in [1.82, 2.24) is 5.32 Å². The molecule has 1 aromatic carbocycles. The number of anilines is 2. The summed E-state index contributed by atoms with van der Waals surface area (Å²) >= 11 is 6.11. The van der Waals surface area contributed by atoms with Crippen LogP contribution in [0.15, 0.2) is 12.1 Å². The van der Waals surface area contributed by atoms with Gasteiger partial charge in [0.05, 0.1) is 22.7 Å². The summed E-state index contributed by atoms with van der Waals surface area (Å²) in [6.07, 6.45) is 0.310. The molecule has 0 atom stereocenters. The lowest BCUT2D eigenvalue weighted by atomic mass is 10.0. The zero-order valence-electron chi connectivity index (χ0n) is 11.1. The lowest BCUT2D eigenvalue weighted by molar-refractivity contribution is -0.121. The Balaban J connectivity index is 2.25. The molecule has 2 rings (SSSR count). The van der Waals surface area contributed by atoms with Crippen LogP contribution < -0.4 is 16.0 Å². The number of nitrogens with one attached hydrogen (secondary N) is 3. The Labute approximate surface area is 116 Å². The van der Waals surface area contributed by atoms with Gasteiger partial charge in [-0.2, -0.15) is 0 Å². The van der Waals surface area contributed by atoms with Crippen molar-refractivity contribution in [2.24, 2.45) is 0 Å². The molecule has 0 saturated carbocycles. The fraction of sp³-hybridized carbons (Fsp3) is 0.385. The van der Waals surface area contributed by atoms with E-state index in [1.807, 2.05) is 0 Å². The average Bonchev–Trinajstić information content (AvgIpc) is 2.68. The third kappa shape index (κ3) is 2.72. The maximum atomic E-state index is 12.1. The summed E-state index contributed by atoms with van der Waals surface area (Å²) in [7, 11) is 1.71. The van der Waals surface area contributed by atoms with E-state index in [1.54, 1.807) is 33.0 Å². The van der Waals surface area contributed by atoms with E-state index in [0.717, 1.165) is 5.56 Å². The van der Waals surface area contributed by atoms with E-state index in [0.29, 0.717) is 22.8 Å². The fourth-order valence-electron chi connectivity index (χ4n) is 1.74. The molecule has 0 fully saturated rings. The maximum absolute atomic E-state index is 12.1. The summed E-state index contributed by atoms with van der Waals surface area (Å²) in [6, 6.07) is 3.39. The monoisotopic (exact) mass is 281 g/mol. The Morgan fingerprint density at radius 2 is 2.11 bits per heavy atom. The number of rotatable bonds is 3.